The largest absolute Gasteiger partial charge is 0.298 e. The van der Waals surface area contributed by atoms with Crippen LogP contribution in [0.1, 0.15) is 19.8 Å². The Labute approximate surface area is 51.1 Å². The molecular formula is C7H13N. The summed E-state index contributed by atoms with van der Waals surface area (Å²) in [4.78, 5) is 3.99. The molecule has 0 bridgehead atoms. The van der Waals surface area contributed by atoms with Crippen molar-refractivity contribution in [3.63, 3.8) is 0 Å². The van der Waals surface area contributed by atoms with Gasteiger partial charge in [-0.2, -0.15) is 0 Å². The average Bonchev–Trinajstić information content (AvgIpc) is 1.83. The molecule has 1 heteroatoms. The maximum absolute atomic E-state index is 3.99. The zero-order chi connectivity index (χ0) is 6.41. The number of nitrogens with zero attached hydrogens (tertiary/aromatic N) is 1. The standard InChI is InChI=1S/C7H13N/c1-4-5-6-7(2)8-3/h4H,1,5-6H2,2-3H3. The molecule has 0 fully saturated rings. The van der Waals surface area contributed by atoms with Gasteiger partial charge in [0.05, 0.1) is 0 Å². The molecule has 8 heavy (non-hydrogen) atoms. The molecule has 0 aliphatic carbocycles. The van der Waals surface area contributed by atoms with Gasteiger partial charge in [0.1, 0.15) is 0 Å². The van der Waals surface area contributed by atoms with Crippen LogP contribution in [0.5, 0.6) is 0 Å². The van der Waals surface area contributed by atoms with Crippen LogP contribution in [0.2, 0.25) is 0 Å². The van der Waals surface area contributed by atoms with Crippen LogP contribution in [-0.4, -0.2) is 12.8 Å². The van der Waals surface area contributed by atoms with Crippen molar-refractivity contribution in [1.29, 1.82) is 0 Å². The van der Waals surface area contributed by atoms with Gasteiger partial charge < -0.3 is 0 Å². The Hall–Kier alpha value is -0.590. The maximum atomic E-state index is 3.99. The van der Waals surface area contributed by atoms with E-state index >= 15 is 0 Å². The van der Waals surface area contributed by atoms with Crippen LogP contribution >= 0.6 is 0 Å². The summed E-state index contributed by atoms with van der Waals surface area (Å²) < 4.78 is 0. The van der Waals surface area contributed by atoms with E-state index in [-0.39, 0.29) is 0 Å². The monoisotopic (exact) mass is 111 g/mol. The zero-order valence-corrected chi connectivity index (χ0v) is 5.65. The molecule has 0 amide bonds. The molecule has 0 aliphatic rings. The van der Waals surface area contributed by atoms with E-state index in [2.05, 4.69) is 11.6 Å². The summed E-state index contributed by atoms with van der Waals surface area (Å²) in [6.45, 7) is 5.64. The second kappa shape index (κ2) is 4.57. The Morgan fingerprint density at radius 1 is 1.75 bits per heavy atom. The van der Waals surface area contributed by atoms with Crippen molar-refractivity contribution < 1.29 is 0 Å². The third-order valence-corrected chi connectivity index (χ3v) is 1.09. The van der Waals surface area contributed by atoms with Gasteiger partial charge in [0.25, 0.3) is 0 Å². The summed E-state index contributed by atoms with van der Waals surface area (Å²) in [6, 6.07) is 0. The van der Waals surface area contributed by atoms with E-state index in [4.69, 9.17) is 0 Å². The van der Waals surface area contributed by atoms with Crippen molar-refractivity contribution in [2.24, 2.45) is 4.99 Å². The molecule has 0 saturated heterocycles. The van der Waals surface area contributed by atoms with E-state index in [0.717, 1.165) is 12.8 Å². The first-order valence-electron chi connectivity index (χ1n) is 2.84. The fourth-order valence-corrected chi connectivity index (χ4v) is 0.423. The minimum absolute atomic E-state index is 1.04. The van der Waals surface area contributed by atoms with E-state index in [1.54, 1.807) is 0 Å². The van der Waals surface area contributed by atoms with Crippen LogP contribution in [0.4, 0.5) is 0 Å². The highest BCUT2D eigenvalue weighted by molar-refractivity contribution is 5.81. The summed E-state index contributed by atoms with van der Waals surface area (Å²) in [5.41, 5.74) is 1.20. The maximum Gasteiger partial charge on any atom is 0.0276 e. The number of aliphatic imine (C=N–C) groups is 1. The average molecular weight is 111 g/mol. The van der Waals surface area contributed by atoms with Crippen molar-refractivity contribution in [3.8, 4) is 0 Å². The summed E-state index contributed by atoms with van der Waals surface area (Å²) in [5.74, 6) is 0. The lowest BCUT2D eigenvalue weighted by atomic mass is 10.2. The first kappa shape index (κ1) is 7.41. The second-order valence-electron chi connectivity index (χ2n) is 1.79. The molecule has 0 aromatic heterocycles. The molecule has 0 saturated carbocycles. The SMILES string of the molecule is C=CCCC(C)=NC. The van der Waals surface area contributed by atoms with E-state index in [1.807, 2.05) is 20.0 Å². The number of hydrogen-bond donors (Lipinski definition) is 0. The normalized spacial score (nSPS) is 11.5. The Morgan fingerprint density at radius 2 is 2.38 bits per heavy atom. The van der Waals surface area contributed by atoms with Gasteiger partial charge in [-0.1, -0.05) is 6.08 Å². The third-order valence-electron chi connectivity index (χ3n) is 1.09. The molecule has 1 nitrogen and oxygen atoms in total. The predicted octanol–water partition coefficient (Wildman–Crippen LogP) is 2.04. The predicted molar refractivity (Wildman–Crippen MR) is 38.5 cm³/mol. The van der Waals surface area contributed by atoms with Crippen LogP contribution in [0.25, 0.3) is 0 Å². The van der Waals surface area contributed by atoms with E-state index in [9.17, 15) is 0 Å². The number of rotatable bonds is 3. The Morgan fingerprint density at radius 3 is 2.75 bits per heavy atom. The van der Waals surface area contributed by atoms with Gasteiger partial charge in [-0.05, 0) is 19.8 Å². The molecule has 0 atom stereocenters. The number of hydrogen-bond acceptors (Lipinski definition) is 1. The summed E-state index contributed by atoms with van der Waals surface area (Å²) >= 11 is 0. The lowest BCUT2D eigenvalue weighted by Crippen LogP contribution is -1.87. The Balaban J connectivity index is 3.24. The molecular weight excluding hydrogens is 98.1 g/mol. The molecule has 0 aromatic carbocycles. The van der Waals surface area contributed by atoms with Gasteiger partial charge in [0.15, 0.2) is 0 Å². The van der Waals surface area contributed by atoms with Crippen LogP contribution in [0.3, 0.4) is 0 Å². The first-order valence-corrected chi connectivity index (χ1v) is 2.84. The molecule has 0 heterocycles. The highest BCUT2D eigenvalue weighted by Gasteiger charge is 1.83. The quantitative estimate of drug-likeness (QED) is 0.390. The number of allylic oxidation sites excluding steroid dienone is 1. The summed E-state index contributed by atoms with van der Waals surface area (Å²) in [7, 11) is 1.82. The van der Waals surface area contributed by atoms with Crippen LogP contribution in [0.15, 0.2) is 17.6 Å². The Kier molecular flexibility index (Phi) is 4.23. The van der Waals surface area contributed by atoms with E-state index < -0.39 is 0 Å². The van der Waals surface area contributed by atoms with Crippen molar-refractivity contribution >= 4 is 5.71 Å². The Bertz CT molecular complexity index is 92.6. The first-order chi connectivity index (χ1) is 3.81. The van der Waals surface area contributed by atoms with Gasteiger partial charge in [-0.15, -0.1) is 6.58 Å². The molecule has 46 valence electrons. The topological polar surface area (TPSA) is 12.4 Å². The van der Waals surface area contributed by atoms with Crippen molar-refractivity contribution in [2.45, 2.75) is 19.8 Å². The molecule has 0 rings (SSSR count). The summed E-state index contributed by atoms with van der Waals surface area (Å²) in [6.07, 6.45) is 4.01. The van der Waals surface area contributed by atoms with Gasteiger partial charge in [0.2, 0.25) is 0 Å². The van der Waals surface area contributed by atoms with Crippen molar-refractivity contribution in [2.75, 3.05) is 7.05 Å². The fourth-order valence-electron chi connectivity index (χ4n) is 0.423. The van der Waals surface area contributed by atoms with E-state index in [1.165, 1.54) is 5.71 Å². The smallest absolute Gasteiger partial charge is 0.0276 e. The minimum Gasteiger partial charge on any atom is -0.298 e. The van der Waals surface area contributed by atoms with Gasteiger partial charge in [-0.25, -0.2) is 0 Å². The zero-order valence-electron chi connectivity index (χ0n) is 5.65. The highest BCUT2D eigenvalue weighted by atomic mass is 14.7. The van der Waals surface area contributed by atoms with Crippen LogP contribution in [-0.2, 0) is 0 Å². The third kappa shape index (κ3) is 3.59. The lowest BCUT2D eigenvalue weighted by Gasteiger charge is -1.91. The summed E-state index contributed by atoms with van der Waals surface area (Å²) in [5, 5.41) is 0. The van der Waals surface area contributed by atoms with Gasteiger partial charge in [-0.3, -0.25) is 4.99 Å². The van der Waals surface area contributed by atoms with Crippen molar-refractivity contribution in [1.82, 2.24) is 0 Å². The molecule has 0 spiro atoms. The lowest BCUT2D eigenvalue weighted by molar-refractivity contribution is 1.08. The highest BCUT2D eigenvalue weighted by Crippen LogP contribution is 1.91. The van der Waals surface area contributed by atoms with E-state index in [0.29, 0.717) is 0 Å². The van der Waals surface area contributed by atoms with Gasteiger partial charge >= 0.3 is 0 Å². The fraction of sp³-hybridized carbons (Fsp3) is 0.571. The molecule has 0 radical (unpaired) electrons. The van der Waals surface area contributed by atoms with Crippen LogP contribution in [0, 0.1) is 0 Å². The molecule has 0 unspecified atom stereocenters. The molecule has 0 aliphatic heterocycles. The van der Waals surface area contributed by atoms with Gasteiger partial charge in [0, 0.05) is 12.8 Å². The molecule has 0 aromatic rings. The minimum atomic E-state index is 1.04. The van der Waals surface area contributed by atoms with Crippen LogP contribution < -0.4 is 0 Å². The molecule has 0 N–H and O–H groups in total. The van der Waals surface area contributed by atoms with Crippen molar-refractivity contribution in [3.05, 3.63) is 12.7 Å². The second-order valence-corrected chi connectivity index (χ2v) is 1.79.